The van der Waals surface area contributed by atoms with Crippen LogP contribution in [-0.2, 0) is 9.59 Å². The smallest absolute Gasteiger partial charge is 0.231 e. The number of hydrogen-bond acceptors (Lipinski definition) is 4. The number of hydrogen-bond donors (Lipinski definition) is 3. The molecule has 0 aliphatic rings. The lowest BCUT2D eigenvalue weighted by Crippen LogP contribution is -2.34. The average molecular weight is 292 g/mol. The monoisotopic (exact) mass is 292 g/mol. The number of rotatable bonds is 8. The number of amides is 2. The van der Waals surface area contributed by atoms with E-state index in [1.807, 2.05) is 24.8 Å². The van der Waals surface area contributed by atoms with Crippen LogP contribution in [0.2, 0.25) is 0 Å². The zero-order valence-electron chi connectivity index (χ0n) is 12.7. The third-order valence-corrected chi connectivity index (χ3v) is 3.24. The minimum Gasteiger partial charge on any atom is -0.399 e. The van der Waals surface area contributed by atoms with Gasteiger partial charge in [-0.3, -0.25) is 14.5 Å². The molecule has 6 nitrogen and oxygen atoms in total. The maximum Gasteiger partial charge on any atom is 0.231 e. The van der Waals surface area contributed by atoms with Gasteiger partial charge in [-0.1, -0.05) is 13.0 Å². The van der Waals surface area contributed by atoms with Crippen LogP contribution in [-0.4, -0.2) is 36.3 Å². The van der Waals surface area contributed by atoms with E-state index in [1.165, 1.54) is 0 Å². The second kappa shape index (κ2) is 8.26. The minimum atomic E-state index is -0.350. The fourth-order valence-electron chi connectivity index (χ4n) is 2.02. The zero-order valence-corrected chi connectivity index (χ0v) is 12.7. The molecule has 5 N–H and O–H groups in total. The van der Waals surface area contributed by atoms with Gasteiger partial charge in [0, 0.05) is 17.8 Å². The topological polar surface area (TPSA) is 101 Å². The van der Waals surface area contributed by atoms with Crippen LogP contribution in [0.3, 0.4) is 0 Å². The van der Waals surface area contributed by atoms with E-state index in [2.05, 4.69) is 5.32 Å². The van der Waals surface area contributed by atoms with Gasteiger partial charge >= 0.3 is 0 Å². The van der Waals surface area contributed by atoms with Crippen LogP contribution in [0.5, 0.6) is 0 Å². The summed E-state index contributed by atoms with van der Waals surface area (Å²) in [5.74, 6) is -0.407. The fraction of sp³-hybridized carbons (Fsp3) is 0.467. The molecule has 0 radical (unpaired) electrons. The fourth-order valence-corrected chi connectivity index (χ4v) is 2.02. The van der Waals surface area contributed by atoms with E-state index in [0.29, 0.717) is 25.1 Å². The first kappa shape index (κ1) is 17.0. The van der Waals surface area contributed by atoms with Crippen molar-refractivity contribution in [2.24, 2.45) is 5.73 Å². The first-order valence-corrected chi connectivity index (χ1v) is 7.09. The minimum absolute atomic E-state index is 0.0566. The lowest BCUT2D eigenvalue weighted by molar-refractivity contribution is -0.119. The Labute approximate surface area is 125 Å². The molecule has 1 aromatic rings. The normalized spacial score (nSPS) is 10.6. The van der Waals surface area contributed by atoms with Gasteiger partial charge in [0.2, 0.25) is 11.8 Å². The number of carbonyl (C=O) groups excluding carboxylic acids is 2. The number of nitrogens with two attached hydrogens (primary N) is 2. The average Bonchev–Trinajstić information content (AvgIpc) is 2.41. The lowest BCUT2D eigenvalue weighted by atomic mass is 10.1. The van der Waals surface area contributed by atoms with Crippen LogP contribution in [0.4, 0.5) is 11.4 Å². The Morgan fingerprint density at radius 1 is 1.33 bits per heavy atom. The first-order chi connectivity index (χ1) is 9.92. The van der Waals surface area contributed by atoms with E-state index in [4.69, 9.17) is 11.5 Å². The van der Waals surface area contributed by atoms with Crippen LogP contribution in [0.1, 0.15) is 25.3 Å². The lowest BCUT2D eigenvalue weighted by Gasteiger charge is -2.18. The molecule has 0 aliphatic carbocycles. The van der Waals surface area contributed by atoms with Gasteiger partial charge in [0.1, 0.15) is 0 Å². The number of carbonyl (C=O) groups is 2. The highest BCUT2D eigenvalue weighted by Gasteiger charge is 2.09. The number of anilines is 2. The van der Waals surface area contributed by atoms with Gasteiger partial charge in [-0.2, -0.15) is 0 Å². The van der Waals surface area contributed by atoms with E-state index in [1.54, 1.807) is 12.1 Å². The molecule has 0 atom stereocenters. The van der Waals surface area contributed by atoms with Crippen molar-refractivity contribution in [1.82, 2.24) is 4.90 Å². The van der Waals surface area contributed by atoms with Gasteiger partial charge in [-0.05, 0) is 44.1 Å². The molecular formula is C15H24N4O2. The number of benzene rings is 1. The molecular weight excluding hydrogens is 268 g/mol. The maximum atomic E-state index is 11.9. The van der Waals surface area contributed by atoms with Crippen molar-refractivity contribution in [1.29, 1.82) is 0 Å². The number of nitrogens with one attached hydrogen (secondary N) is 1. The molecule has 0 heterocycles. The number of nitrogen functional groups attached to an aromatic ring is 1. The molecule has 0 saturated carbocycles. The molecule has 2 amide bonds. The van der Waals surface area contributed by atoms with Crippen LogP contribution in [0, 0.1) is 6.92 Å². The predicted molar refractivity (Wildman–Crippen MR) is 84.8 cm³/mol. The van der Waals surface area contributed by atoms with Gasteiger partial charge in [0.05, 0.1) is 6.54 Å². The van der Waals surface area contributed by atoms with Crippen LogP contribution in [0.15, 0.2) is 18.2 Å². The molecule has 0 aliphatic heterocycles. The van der Waals surface area contributed by atoms with E-state index in [0.717, 1.165) is 17.8 Å². The van der Waals surface area contributed by atoms with E-state index < -0.39 is 0 Å². The number of primary amides is 1. The summed E-state index contributed by atoms with van der Waals surface area (Å²) < 4.78 is 0. The highest BCUT2D eigenvalue weighted by Crippen LogP contribution is 2.18. The molecule has 0 fully saturated rings. The van der Waals surface area contributed by atoms with Gasteiger partial charge in [-0.15, -0.1) is 0 Å². The molecule has 0 unspecified atom stereocenters. The predicted octanol–water partition coefficient (Wildman–Crippen LogP) is 1.10. The largest absolute Gasteiger partial charge is 0.399 e. The summed E-state index contributed by atoms with van der Waals surface area (Å²) in [6.45, 7) is 5.51. The molecule has 1 aromatic carbocycles. The second-order valence-corrected chi connectivity index (χ2v) is 5.06. The van der Waals surface area contributed by atoms with Crippen LogP contribution < -0.4 is 16.8 Å². The van der Waals surface area contributed by atoms with Gasteiger partial charge < -0.3 is 16.8 Å². The molecule has 0 saturated heterocycles. The molecule has 0 bridgehead atoms. The van der Waals surface area contributed by atoms with Crippen molar-refractivity contribution in [3.05, 3.63) is 23.8 Å². The van der Waals surface area contributed by atoms with Crippen LogP contribution in [0.25, 0.3) is 0 Å². The van der Waals surface area contributed by atoms with Crippen molar-refractivity contribution in [3.8, 4) is 0 Å². The highest BCUT2D eigenvalue weighted by atomic mass is 16.2. The van der Waals surface area contributed by atoms with Gasteiger partial charge in [0.15, 0.2) is 0 Å². The Hall–Kier alpha value is -2.08. The molecule has 116 valence electrons. The third kappa shape index (κ3) is 6.27. The highest BCUT2D eigenvalue weighted by molar-refractivity contribution is 5.92. The SMILES string of the molecule is CCN(CCCC(=O)Nc1cc(N)ccc1C)CC(N)=O. The van der Waals surface area contributed by atoms with Crippen molar-refractivity contribution >= 4 is 23.2 Å². The Kier molecular flexibility index (Phi) is 6.68. The van der Waals surface area contributed by atoms with Gasteiger partial charge in [0.25, 0.3) is 0 Å². The number of likely N-dealkylation sites (N-methyl/N-ethyl adjacent to an activating group) is 1. The Bertz CT molecular complexity index is 502. The van der Waals surface area contributed by atoms with Crippen LogP contribution >= 0.6 is 0 Å². The third-order valence-electron chi connectivity index (χ3n) is 3.24. The number of nitrogens with zero attached hydrogens (tertiary/aromatic N) is 1. The van der Waals surface area contributed by atoms with E-state index in [9.17, 15) is 9.59 Å². The van der Waals surface area contributed by atoms with Crippen molar-refractivity contribution in [2.45, 2.75) is 26.7 Å². The summed E-state index contributed by atoms with van der Waals surface area (Å²) in [5, 5.41) is 2.85. The van der Waals surface area contributed by atoms with Crippen molar-refractivity contribution in [2.75, 3.05) is 30.7 Å². The van der Waals surface area contributed by atoms with E-state index >= 15 is 0 Å². The van der Waals surface area contributed by atoms with Crippen molar-refractivity contribution < 1.29 is 9.59 Å². The Morgan fingerprint density at radius 3 is 2.67 bits per heavy atom. The first-order valence-electron chi connectivity index (χ1n) is 7.09. The Morgan fingerprint density at radius 2 is 2.05 bits per heavy atom. The summed E-state index contributed by atoms with van der Waals surface area (Å²) in [4.78, 5) is 24.7. The molecule has 0 spiro atoms. The second-order valence-electron chi connectivity index (χ2n) is 5.06. The van der Waals surface area contributed by atoms with Crippen molar-refractivity contribution in [3.63, 3.8) is 0 Å². The summed E-state index contributed by atoms with van der Waals surface area (Å²) in [5.41, 5.74) is 13.2. The van der Waals surface area contributed by atoms with Gasteiger partial charge in [-0.25, -0.2) is 0 Å². The Balaban J connectivity index is 2.40. The molecule has 21 heavy (non-hydrogen) atoms. The summed E-state index contributed by atoms with van der Waals surface area (Å²) >= 11 is 0. The summed E-state index contributed by atoms with van der Waals surface area (Å²) in [6.07, 6.45) is 1.07. The quantitative estimate of drug-likeness (QED) is 0.624. The molecule has 6 heteroatoms. The zero-order chi connectivity index (χ0) is 15.8. The number of aryl methyl sites for hydroxylation is 1. The molecule has 1 rings (SSSR count). The maximum absolute atomic E-state index is 11.9. The summed E-state index contributed by atoms with van der Waals surface area (Å²) in [7, 11) is 0. The summed E-state index contributed by atoms with van der Waals surface area (Å²) in [6, 6.07) is 5.42. The standard InChI is InChI=1S/C15H24N4O2/c1-3-19(10-14(17)20)8-4-5-15(21)18-13-9-12(16)7-6-11(13)2/h6-7,9H,3-5,8,10,16H2,1-2H3,(H2,17,20)(H,18,21). The molecule has 0 aromatic heterocycles. The van der Waals surface area contributed by atoms with E-state index in [-0.39, 0.29) is 18.4 Å².